The zero-order valence-corrected chi connectivity index (χ0v) is 19.2. The largest absolute Gasteiger partial charge is 0.379 e. The molecule has 10 heteroatoms. The number of nitrogens with zero attached hydrogens (tertiary/aromatic N) is 7. The summed E-state index contributed by atoms with van der Waals surface area (Å²) in [7, 11) is 0. The monoisotopic (exact) mass is 466 g/mol. The molecule has 0 bridgehead atoms. The highest BCUT2D eigenvalue weighted by Gasteiger charge is 2.26. The summed E-state index contributed by atoms with van der Waals surface area (Å²) < 4.78 is 9.12. The Morgan fingerprint density at radius 1 is 1.03 bits per heavy atom. The molecule has 0 spiro atoms. The molecule has 0 aromatic carbocycles. The van der Waals surface area contributed by atoms with Gasteiger partial charge in [0, 0.05) is 55.4 Å². The fraction of sp³-hybridized carbons (Fsp3) is 0.478. The lowest BCUT2D eigenvalue weighted by Gasteiger charge is -2.38. The average molecular weight is 467 g/mol. The number of hydrogen-bond acceptors (Lipinski definition) is 7. The Hall–Kier alpha value is -2.75. The zero-order valence-electron chi connectivity index (χ0n) is 18.4. The Morgan fingerprint density at radius 3 is 2.70 bits per heavy atom. The number of ether oxygens (including phenoxy) is 1. The van der Waals surface area contributed by atoms with Crippen LogP contribution in [0.4, 0.5) is 5.95 Å². The molecule has 0 unspecified atom stereocenters. The zero-order chi connectivity index (χ0) is 22.2. The van der Waals surface area contributed by atoms with E-state index in [9.17, 15) is 0 Å². The van der Waals surface area contributed by atoms with Gasteiger partial charge in [0.05, 0.1) is 31.1 Å². The van der Waals surface area contributed by atoms with Crippen LogP contribution in [0.15, 0.2) is 37.1 Å². The van der Waals surface area contributed by atoms with Crippen molar-refractivity contribution in [3.8, 4) is 11.1 Å². The second kappa shape index (κ2) is 8.89. The number of nitrogens with one attached hydrogen (secondary N) is 1. The highest BCUT2D eigenvalue weighted by Crippen LogP contribution is 2.29. The van der Waals surface area contributed by atoms with Crippen molar-refractivity contribution in [3.05, 3.63) is 42.2 Å². The first-order chi connectivity index (χ1) is 16.2. The molecule has 1 saturated carbocycles. The molecule has 1 aliphatic carbocycles. The van der Waals surface area contributed by atoms with Gasteiger partial charge in [-0.1, -0.05) is 11.6 Å². The number of imidazole rings is 1. The number of morpholine rings is 1. The predicted molar refractivity (Wildman–Crippen MR) is 127 cm³/mol. The SMILES string of the molecule is Clc1cnc2ncc(-c3ccn4nc(NCC5CCC(N6CCOCC6)CC5)ncc34)cn12. The summed E-state index contributed by atoms with van der Waals surface area (Å²) in [6.45, 7) is 4.84. The molecule has 4 aromatic rings. The molecule has 1 N–H and O–H groups in total. The van der Waals surface area contributed by atoms with Crippen LogP contribution in [0.2, 0.25) is 5.15 Å². The van der Waals surface area contributed by atoms with Crippen LogP contribution in [0.1, 0.15) is 25.7 Å². The summed E-state index contributed by atoms with van der Waals surface area (Å²) in [4.78, 5) is 15.8. The van der Waals surface area contributed by atoms with E-state index in [0.29, 0.717) is 22.8 Å². The maximum Gasteiger partial charge on any atom is 0.241 e. The minimum Gasteiger partial charge on any atom is -0.379 e. The molecule has 9 nitrogen and oxygen atoms in total. The highest BCUT2D eigenvalue weighted by atomic mass is 35.5. The third-order valence-electron chi connectivity index (χ3n) is 6.97. The first kappa shape index (κ1) is 20.8. The van der Waals surface area contributed by atoms with E-state index >= 15 is 0 Å². The van der Waals surface area contributed by atoms with E-state index in [1.54, 1.807) is 16.8 Å². The first-order valence-electron chi connectivity index (χ1n) is 11.6. The van der Waals surface area contributed by atoms with Gasteiger partial charge >= 0.3 is 0 Å². The van der Waals surface area contributed by atoms with Gasteiger partial charge in [0.2, 0.25) is 11.7 Å². The van der Waals surface area contributed by atoms with Gasteiger partial charge in [0.25, 0.3) is 0 Å². The molecule has 0 amide bonds. The van der Waals surface area contributed by atoms with Crippen molar-refractivity contribution >= 4 is 28.8 Å². The van der Waals surface area contributed by atoms with Crippen LogP contribution in [0.25, 0.3) is 22.4 Å². The average Bonchev–Trinajstić information content (AvgIpc) is 3.46. The molecule has 6 rings (SSSR count). The quantitative estimate of drug-likeness (QED) is 0.482. The maximum atomic E-state index is 6.21. The van der Waals surface area contributed by atoms with E-state index in [0.717, 1.165) is 55.5 Å². The van der Waals surface area contributed by atoms with Crippen molar-refractivity contribution in [2.45, 2.75) is 31.7 Å². The lowest BCUT2D eigenvalue weighted by atomic mass is 9.85. The maximum absolute atomic E-state index is 6.21. The second-order valence-electron chi connectivity index (χ2n) is 8.94. The molecular formula is C23H27ClN8O. The van der Waals surface area contributed by atoms with Gasteiger partial charge in [0.1, 0.15) is 5.15 Å². The Balaban J connectivity index is 1.10. The fourth-order valence-corrected chi connectivity index (χ4v) is 5.28. The first-order valence-corrected chi connectivity index (χ1v) is 12.0. The van der Waals surface area contributed by atoms with Gasteiger partial charge < -0.3 is 10.1 Å². The predicted octanol–water partition coefficient (Wildman–Crippen LogP) is 3.40. The van der Waals surface area contributed by atoms with Crippen LogP contribution in [0.5, 0.6) is 0 Å². The number of aromatic nitrogens is 6. The van der Waals surface area contributed by atoms with E-state index in [-0.39, 0.29) is 0 Å². The van der Waals surface area contributed by atoms with Gasteiger partial charge in [-0.25, -0.2) is 19.5 Å². The standard InChI is InChI=1S/C23H27ClN8O/c24-21-14-28-23-27-12-17(15-31(21)23)19-5-6-32-20(19)13-26-22(29-32)25-11-16-1-3-18(4-2-16)30-7-9-33-10-8-30/h5-6,12-16,18H,1-4,7-11H2,(H,25,29). The summed E-state index contributed by atoms with van der Waals surface area (Å²) >= 11 is 6.21. The van der Waals surface area contributed by atoms with Gasteiger partial charge in [0.15, 0.2) is 0 Å². The van der Waals surface area contributed by atoms with Crippen LogP contribution in [-0.4, -0.2) is 72.8 Å². The van der Waals surface area contributed by atoms with Crippen molar-refractivity contribution in [2.24, 2.45) is 5.92 Å². The minimum absolute atomic E-state index is 0.532. The molecule has 4 aromatic heterocycles. The molecule has 0 atom stereocenters. The molecule has 2 fully saturated rings. The number of hydrogen-bond donors (Lipinski definition) is 1. The van der Waals surface area contributed by atoms with Gasteiger partial charge in [-0.15, -0.1) is 5.10 Å². The van der Waals surface area contributed by atoms with Crippen LogP contribution < -0.4 is 5.32 Å². The van der Waals surface area contributed by atoms with E-state index in [2.05, 4.69) is 30.3 Å². The number of halogens is 1. The lowest BCUT2D eigenvalue weighted by Crippen LogP contribution is -2.45. The Kier molecular flexibility index (Phi) is 5.61. The molecule has 2 aliphatic rings. The summed E-state index contributed by atoms with van der Waals surface area (Å²) in [5.74, 6) is 1.90. The van der Waals surface area contributed by atoms with Gasteiger partial charge in [-0.3, -0.25) is 9.30 Å². The summed E-state index contributed by atoms with van der Waals surface area (Å²) in [6, 6.07) is 2.75. The van der Waals surface area contributed by atoms with Crippen LogP contribution in [0.3, 0.4) is 0 Å². The van der Waals surface area contributed by atoms with E-state index in [1.165, 1.54) is 25.7 Å². The molecule has 5 heterocycles. The van der Waals surface area contributed by atoms with E-state index < -0.39 is 0 Å². The van der Waals surface area contributed by atoms with E-state index in [1.807, 2.05) is 29.2 Å². The fourth-order valence-electron chi connectivity index (χ4n) is 5.10. The van der Waals surface area contributed by atoms with Crippen LogP contribution >= 0.6 is 11.6 Å². The number of fused-ring (bicyclic) bond motifs is 2. The smallest absolute Gasteiger partial charge is 0.241 e. The summed E-state index contributed by atoms with van der Waals surface area (Å²) in [5, 5.41) is 8.66. The van der Waals surface area contributed by atoms with Crippen molar-refractivity contribution in [2.75, 3.05) is 38.2 Å². The van der Waals surface area contributed by atoms with Gasteiger partial charge in [-0.2, -0.15) is 0 Å². The molecule has 1 saturated heterocycles. The normalized spacial score (nSPS) is 22.2. The third-order valence-corrected chi connectivity index (χ3v) is 7.25. The van der Waals surface area contributed by atoms with Crippen molar-refractivity contribution < 1.29 is 4.74 Å². The molecule has 0 radical (unpaired) electrons. The number of rotatable bonds is 5. The Labute approximate surface area is 196 Å². The third kappa shape index (κ3) is 4.16. The Bertz CT molecular complexity index is 1260. The highest BCUT2D eigenvalue weighted by molar-refractivity contribution is 6.29. The Morgan fingerprint density at radius 2 is 1.85 bits per heavy atom. The van der Waals surface area contributed by atoms with Crippen molar-refractivity contribution in [3.63, 3.8) is 0 Å². The second-order valence-corrected chi connectivity index (χ2v) is 9.33. The molecule has 1 aliphatic heterocycles. The topological polar surface area (TPSA) is 84.9 Å². The van der Waals surface area contributed by atoms with E-state index in [4.69, 9.17) is 16.3 Å². The molecular weight excluding hydrogens is 440 g/mol. The van der Waals surface area contributed by atoms with Gasteiger partial charge in [-0.05, 0) is 37.7 Å². The molecule has 172 valence electrons. The lowest BCUT2D eigenvalue weighted by molar-refractivity contribution is 0.00539. The molecule has 33 heavy (non-hydrogen) atoms. The minimum atomic E-state index is 0.532. The van der Waals surface area contributed by atoms with Crippen molar-refractivity contribution in [1.29, 1.82) is 0 Å². The summed E-state index contributed by atoms with van der Waals surface area (Å²) in [6.07, 6.45) is 14.2. The summed E-state index contributed by atoms with van der Waals surface area (Å²) in [5.41, 5.74) is 2.86. The number of anilines is 1. The van der Waals surface area contributed by atoms with Crippen LogP contribution in [-0.2, 0) is 4.74 Å². The van der Waals surface area contributed by atoms with Crippen molar-refractivity contribution in [1.82, 2.24) is 33.9 Å². The van der Waals surface area contributed by atoms with Crippen LogP contribution in [0, 0.1) is 5.92 Å².